The molecular weight excluding hydrogens is 125 g/mol. The maximum absolute atomic E-state index is 9.82. The van der Waals surface area contributed by atoms with Crippen molar-refractivity contribution in [2.75, 3.05) is 13.3 Å². The highest BCUT2D eigenvalue weighted by Gasteiger charge is 1.94. The molecule has 0 radical (unpaired) electrons. The summed E-state index contributed by atoms with van der Waals surface area (Å²) in [6.45, 7) is 0. The van der Waals surface area contributed by atoms with Gasteiger partial charge in [-0.3, -0.25) is 9.97 Å². The SMILES string of the molecule is CN(CP=O)C(=N)N. The van der Waals surface area contributed by atoms with Crippen LogP contribution < -0.4 is 5.73 Å². The second-order valence-electron chi connectivity index (χ2n) is 1.35. The van der Waals surface area contributed by atoms with E-state index in [1.54, 1.807) is 7.05 Å². The quantitative estimate of drug-likeness (QED) is 0.318. The van der Waals surface area contributed by atoms with Gasteiger partial charge in [-0.25, -0.2) is 0 Å². The fraction of sp³-hybridized carbons (Fsp3) is 0.667. The van der Waals surface area contributed by atoms with Crippen molar-refractivity contribution in [1.29, 1.82) is 5.41 Å². The summed E-state index contributed by atoms with van der Waals surface area (Å²) in [6, 6.07) is 0. The zero-order valence-electron chi connectivity index (χ0n) is 4.59. The summed E-state index contributed by atoms with van der Waals surface area (Å²) in [5.41, 5.74) is 4.99. The molecule has 0 aliphatic heterocycles. The number of guanidine groups is 1. The summed E-state index contributed by atoms with van der Waals surface area (Å²) in [5.74, 6) is -0.0617. The molecule has 0 aromatic rings. The second kappa shape index (κ2) is 3.38. The van der Waals surface area contributed by atoms with Crippen molar-refractivity contribution in [2.24, 2.45) is 5.73 Å². The van der Waals surface area contributed by atoms with Crippen molar-refractivity contribution in [3.63, 3.8) is 0 Å². The van der Waals surface area contributed by atoms with Crippen LogP contribution in [0.5, 0.6) is 0 Å². The molecule has 0 amide bonds. The van der Waals surface area contributed by atoms with Gasteiger partial charge in [-0.1, -0.05) is 0 Å². The predicted molar refractivity (Wildman–Crippen MR) is 32.2 cm³/mol. The Labute approximate surface area is 49.4 Å². The van der Waals surface area contributed by atoms with Gasteiger partial charge in [0.25, 0.3) is 0 Å². The molecule has 5 heteroatoms. The molecule has 0 saturated carbocycles. The first kappa shape index (κ1) is 7.37. The first-order chi connectivity index (χ1) is 3.68. The van der Waals surface area contributed by atoms with E-state index >= 15 is 0 Å². The third-order valence-corrected chi connectivity index (χ3v) is 1.22. The summed E-state index contributed by atoms with van der Waals surface area (Å²) in [7, 11) is 1.59. The van der Waals surface area contributed by atoms with Gasteiger partial charge >= 0.3 is 0 Å². The predicted octanol–water partition coefficient (Wildman–Crippen LogP) is 0.0609. The van der Waals surface area contributed by atoms with Gasteiger partial charge < -0.3 is 10.6 Å². The van der Waals surface area contributed by atoms with Crippen molar-refractivity contribution in [3.05, 3.63) is 0 Å². The van der Waals surface area contributed by atoms with Gasteiger partial charge in [0.15, 0.2) is 14.4 Å². The van der Waals surface area contributed by atoms with Crippen LogP contribution in [0.3, 0.4) is 0 Å². The molecule has 4 nitrogen and oxygen atoms in total. The maximum atomic E-state index is 9.82. The highest BCUT2D eigenvalue weighted by Crippen LogP contribution is 1.92. The van der Waals surface area contributed by atoms with E-state index in [4.69, 9.17) is 11.1 Å². The van der Waals surface area contributed by atoms with E-state index in [9.17, 15) is 4.57 Å². The van der Waals surface area contributed by atoms with E-state index in [-0.39, 0.29) is 20.7 Å². The largest absolute Gasteiger partial charge is 0.370 e. The summed E-state index contributed by atoms with van der Waals surface area (Å²) < 4.78 is 9.82. The Morgan fingerprint density at radius 2 is 2.50 bits per heavy atom. The normalized spacial score (nSPS) is 9.12. The van der Waals surface area contributed by atoms with Crippen molar-refractivity contribution in [1.82, 2.24) is 4.90 Å². The Hall–Kier alpha value is -0.630. The molecule has 0 heterocycles. The van der Waals surface area contributed by atoms with Gasteiger partial charge in [-0.2, -0.15) is 0 Å². The fourth-order valence-corrected chi connectivity index (χ4v) is 0.488. The molecule has 0 aromatic carbocycles. The molecule has 0 unspecified atom stereocenters. The van der Waals surface area contributed by atoms with Crippen molar-refractivity contribution < 1.29 is 4.57 Å². The molecule has 8 heavy (non-hydrogen) atoms. The third-order valence-electron chi connectivity index (χ3n) is 0.681. The molecule has 0 aliphatic rings. The van der Waals surface area contributed by atoms with Crippen LogP contribution in [0.4, 0.5) is 0 Å². The molecule has 0 atom stereocenters. The van der Waals surface area contributed by atoms with Crippen LogP contribution >= 0.6 is 8.46 Å². The van der Waals surface area contributed by atoms with Gasteiger partial charge in [0.1, 0.15) is 6.29 Å². The molecule has 3 N–H and O–H groups in total. The van der Waals surface area contributed by atoms with E-state index in [1.807, 2.05) is 0 Å². The minimum absolute atomic E-state index is 0.0104. The molecule has 0 bridgehead atoms. The average molecular weight is 133 g/mol. The number of nitrogens with zero attached hydrogens (tertiary/aromatic N) is 1. The summed E-state index contributed by atoms with van der Waals surface area (Å²) in [6.07, 6.45) is 0.287. The molecule has 0 rings (SSSR count). The van der Waals surface area contributed by atoms with E-state index in [0.717, 1.165) is 0 Å². The lowest BCUT2D eigenvalue weighted by Gasteiger charge is -2.10. The van der Waals surface area contributed by atoms with Gasteiger partial charge in [0, 0.05) is 7.05 Å². The lowest BCUT2D eigenvalue weighted by molar-refractivity contribution is 0.551. The Kier molecular flexibility index (Phi) is 3.12. The molecule has 0 fully saturated rings. The van der Waals surface area contributed by atoms with Gasteiger partial charge in [0.2, 0.25) is 0 Å². The fourth-order valence-electron chi connectivity index (χ4n) is 0.163. The van der Waals surface area contributed by atoms with Crippen molar-refractivity contribution in [3.8, 4) is 0 Å². The Morgan fingerprint density at radius 1 is 2.00 bits per heavy atom. The molecule has 0 aromatic heterocycles. The number of nitrogens with two attached hydrogens (primary N) is 1. The van der Waals surface area contributed by atoms with Crippen LogP contribution in [0.1, 0.15) is 0 Å². The van der Waals surface area contributed by atoms with Gasteiger partial charge in [0.05, 0.1) is 0 Å². The summed E-state index contributed by atoms with van der Waals surface area (Å²) in [5, 5.41) is 6.76. The van der Waals surface area contributed by atoms with Crippen LogP contribution in [0.15, 0.2) is 0 Å². The number of rotatable bonds is 2. The Morgan fingerprint density at radius 3 is 2.62 bits per heavy atom. The monoisotopic (exact) mass is 133 g/mol. The first-order valence-electron chi connectivity index (χ1n) is 2.02. The van der Waals surface area contributed by atoms with Crippen LogP contribution in [0.25, 0.3) is 0 Å². The molecule has 0 aliphatic carbocycles. The smallest absolute Gasteiger partial charge is 0.188 e. The molecule has 0 saturated heterocycles. The van der Waals surface area contributed by atoms with Gasteiger partial charge in [-0.05, 0) is 0 Å². The number of hydrogen-bond donors (Lipinski definition) is 2. The Balaban J connectivity index is 3.46. The number of hydrogen-bond acceptors (Lipinski definition) is 2. The third kappa shape index (κ3) is 2.53. The minimum Gasteiger partial charge on any atom is -0.370 e. The van der Waals surface area contributed by atoms with E-state index < -0.39 is 0 Å². The van der Waals surface area contributed by atoms with Crippen molar-refractivity contribution in [2.45, 2.75) is 0 Å². The van der Waals surface area contributed by atoms with E-state index in [0.29, 0.717) is 0 Å². The molecule has 0 spiro atoms. The average Bonchev–Trinajstić information content (AvgIpc) is 1.67. The van der Waals surface area contributed by atoms with Crippen LogP contribution in [0.2, 0.25) is 0 Å². The topological polar surface area (TPSA) is 70.2 Å². The van der Waals surface area contributed by atoms with Crippen LogP contribution in [-0.4, -0.2) is 24.2 Å². The van der Waals surface area contributed by atoms with Crippen LogP contribution in [-0.2, 0) is 4.57 Å². The zero-order valence-corrected chi connectivity index (χ0v) is 5.48. The molecular formula is C3H8N3OP. The van der Waals surface area contributed by atoms with Gasteiger partial charge in [-0.15, -0.1) is 0 Å². The van der Waals surface area contributed by atoms with E-state index in [1.165, 1.54) is 4.90 Å². The highest BCUT2D eigenvalue weighted by atomic mass is 31.1. The number of nitrogens with one attached hydrogen (secondary N) is 1. The van der Waals surface area contributed by atoms with E-state index in [2.05, 4.69) is 0 Å². The second-order valence-corrected chi connectivity index (χ2v) is 1.89. The minimum atomic E-state index is -0.0617. The Bertz CT molecular complexity index is 105. The van der Waals surface area contributed by atoms with Crippen molar-refractivity contribution >= 4 is 14.4 Å². The zero-order chi connectivity index (χ0) is 6.57. The standard InChI is InChI=1S/C3H8N3OP/c1-6(2-8-7)3(4)5/h2H2,1H3,(H3,4,5). The van der Waals surface area contributed by atoms with Crippen LogP contribution in [0, 0.1) is 5.41 Å². The molecule has 46 valence electrons. The summed E-state index contributed by atoms with van der Waals surface area (Å²) in [4.78, 5) is 1.38. The lowest BCUT2D eigenvalue weighted by Crippen LogP contribution is -2.31. The lowest BCUT2D eigenvalue weighted by atomic mass is 10.8. The summed E-state index contributed by atoms with van der Waals surface area (Å²) >= 11 is 0. The maximum Gasteiger partial charge on any atom is 0.188 e. The highest BCUT2D eigenvalue weighted by molar-refractivity contribution is 7.23. The first-order valence-corrected chi connectivity index (χ1v) is 3.02.